The van der Waals surface area contributed by atoms with Crippen molar-refractivity contribution >= 4 is 23.4 Å². The lowest BCUT2D eigenvalue weighted by atomic mass is 10.3. The summed E-state index contributed by atoms with van der Waals surface area (Å²) in [6.07, 6.45) is -0.0308. The molecule has 25 heavy (non-hydrogen) atoms. The summed E-state index contributed by atoms with van der Waals surface area (Å²) < 4.78 is 5.41. The van der Waals surface area contributed by atoms with Gasteiger partial charge in [-0.1, -0.05) is 31.2 Å². The number of carbonyl (C=O) groups is 2. The van der Waals surface area contributed by atoms with Crippen LogP contribution in [0.3, 0.4) is 0 Å². The molecule has 0 aliphatic carbocycles. The maximum Gasteiger partial charge on any atom is 0.419 e. The Kier molecular flexibility index (Phi) is 6.55. The van der Waals surface area contributed by atoms with E-state index in [0.717, 1.165) is 0 Å². The van der Waals surface area contributed by atoms with Gasteiger partial charge in [0.25, 0.3) is 0 Å². The van der Waals surface area contributed by atoms with Crippen LogP contribution in [0.5, 0.6) is 5.75 Å². The molecule has 0 spiro atoms. The van der Waals surface area contributed by atoms with Crippen LogP contribution in [0.25, 0.3) is 0 Å². The number of hydrogen-bond acceptors (Lipinski definition) is 4. The average molecular weight is 337 g/mol. The molecule has 2 rings (SSSR count). The van der Waals surface area contributed by atoms with Crippen molar-refractivity contribution in [1.29, 1.82) is 5.26 Å². The van der Waals surface area contributed by atoms with E-state index in [9.17, 15) is 9.59 Å². The fourth-order valence-electron chi connectivity index (χ4n) is 2.14. The Morgan fingerprint density at radius 2 is 1.92 bits per heavy atom. The lowest BCUT2D eigenvalue weighted by Crippen LogP contribution is -2.34. The number of rotatable bonds is 6. The van der Waals surface area contributed by atoms with Gasteiger partial charge in [0.2, 0.25) is 5.91 Å². The summed E-state index contributed by atoms with van der Waals surface area (Å²) in [5, 5.41) is 11.5. The average Bonchev–Trinajstić information content (AvgIpc) is 2.63. The molecule has 0 aliphatic heterocycles. The lowest BCUT2D eigenvalue weighted by molar-refractivity contribution is -0.115. The smallest absolute Gasteiger partial charge is 0.410 e. The first-order chi connectivity index (χ1) is 12.1. The second-order valence-corrected chi connectivity index (χ2v) is 5.19. The van der Waals surface area contributed by atoms with Gasteiger partial charge in [-0.15, -0.1) is 0 Å². The van der Waals surface area contributed by atoms with E-state index in [0.29, 0.717) is 23.5 Å². The minimum absolute atomic E-state index is 0.122. The summed E-state index contributed by atoms with van der Waals surface area (Å²) in [6, 6.07) is 17.7. The molecule has 1 N–H and O–H groups in total. The van der Waals surface area contributed by atoms with Crippen LogP contribution in [0.15, 0.2) is 54.6 Å². The van der Waals surface area contributed by atoms with Gasteiger partial charge < -0.3 is 10.1 Å². The van der Waals surface area contributed by atoms with Gasteiger partial charge in [0.05, 0.1) is 12.5 Å². The standard InChI is InChI=1S/C19H19N3O3/c1-2-18(23)21-15-8-6-11-17(14-15)25-19(24)22(13-7-12-20)16-9-4-3-5-10-16/h3-6,8-11,14H,2,7,13H2,1H3,(H,21,23). The van der Waals surface area contributed by atoms with Gasteiger partial charge in [-0.05, 0) is 24.3 Å². The van der Waals surface area contributed by atoms with Crippen molar-refractivity contribution in [3.63, 3.8) is 0 Å². The minimum atomic E-state index is -0.583. The molecule has 0 aliphatic rings. The van der Waals surface area contributed by atoms with Crippen LogP contribution in [0.4, 0.5) is 16.2 Å². The fourth-order valence-corrected chi connectivity index (χ4v) is 2.14. The summed E-state index contributed by atoms with van der Waals surface area (Å²) in [7, 11) is 0. The molecular formula is C19H19N3O3. The number of para-hydroxylation sites is 1. The summed E-state index contributed by atoms with van der Waals surface area (Å²) in [5.41, 5.74) is 1.21. The van der Waals surface area contributed by atoms with Crippen molar-refractivity contribution in [3.8, 4) is 11.8 Å². The van der Waals surface area contributed by atoms with Gasteiger partial charge >= 0.3 is 6.09 Å². The third-order valence-corrected chi connectivity index (χ3v) is 3.38. The molecule has 0 heterocycles. The molecule has 2 aromatic rings. The van der Waals surface area contributed by atoms with E-state index < -0.39 is 6.09 Å². The van der Waals surface area contributed by atoms with Gasteiger partial charge in [0.1, 0.15) is 5.75 Å². The predicted molar refractivity (Wildman–Crippen MR) is 95.4 cm³/mol. The largest absolute Gasteiger partial charge is 0.419 e. The van der Waals surface area contributed by atoms with Crippen molar-refractivity contribution in [2.75, 3.05) is 16.8 Å². The SMILES string of the molecule is CCC(=O)Nc1cccc(OC(=O)N(CCC#N)c2ccccc2)c1. The second kappa shape index (κ2) is 9.08. The van der Waals surface area contributed by atoms with Crippen LogP contribution in [0.2, 0.25) is 0 Å². The topological polar surface area (TPSA) is 82.4 Å². The summed E-state index contributed by atoms with van der Waals surface area (Å²) >= 11 is 0. The van der Waals surface area contributed by atoms with Crippen LogP contribution in [-0.4, -0.2) is 18.5 Å². The summed E-state index contributed by atoms with van der Waals surface area (Å²) in [5.74, 6) is 0.195. The summed E-state index contributed by atoms with van der Waals surface area (Å²) in [6.45, 7) is 1.98. The molecule has 0 atom stereocenters. The third-order valence-electron chi connectivity index (χ3n) is 3.38. The first kappa shape index (κ1) is 18.0. The molecule has 0 saturated carbocycles. The quantitative estimate of drug-likeness (QED) is 0.865. The molecule has 0 radical (unpaired) electrons. The number of hydrogen-bond donors (Lipinski definition) is 1. The molecule has 0 saturated heterocycles. The predicted octanol–water partition coefficient (Wildman–Crippen LogP) is 3.95. The number of nitrogens with one attached hydrogen (secondary N) is 1. The Morgan fingerprint density at radius 1 is 1.16 bits per heavy atom. The Hall–Kier alpha value is -3.33. The van der Waals surface area contributed by atoms with E-state index in [1.54, 1.807) is 43.3 Å². The molecule has 128 valence electrons. The Labute approximate surface area is 146 Å². The van der Waals surface area contributed by atoms with Crippen LogP contribution in [0.1, 0.15) is 19.8 Å². The number of carbonyl (C=O) groups excluding carboxylic acids is 2. The second-order valence-electron chi connectivity index (χ2n) is 5.19. The fraction of sp³-hybridized carbons (Fsp3) is 0.211. The number of nitriles is 1. The molecule has 0 aromatic heterocycles. The highest BCUT2D eigenvalue weighted by molar-refractivity contribution is 5.91. The minimum Gasteiger partial charge on any atom is -0.410 e. The van der Waals surface area contributed by atoms with E-state index in [2.05, 4.69) is 5.32 Å². The molecule has 0 unspecified atom stereocenters. The van der Waals surface area contributed by atoms with Gasteiger partial charge in [-0.3, -0.25) is 9.69 Å². The van der Waals surface area contributed by atoms with E-state index in [-0.39, 0.29) is 18.9 Å². The highest BCUT2D eigenvalue weighted by Crippen LogP contribution is 2.21. The van der Waals surface area contributed by atoms with Gasteiger partial charge in [-0.2, -0.15) is 5.26 Å². The van der Waals surface area contributed by atoms with Crippen molar-refractivity contribution < 1.29 is 14.3 Å². The number of ether oxygens (including phenoxy) is 1. The monoisotopic (exact) mass is 337 g/mol. The van der Waals surface area contributed by atoms with E-state index in [1.165, 1.54) is 4.90 Å². The van der Waals surface area contributed by atoms with Crippen LogP contribution < -0.4 is 15.0 Å². The molecule has 2 aromatic carbocycles. The van der Waals surface area contributed by atoms with Crippen LogP contribution in [0, 0.1) is 11.3 Å². The van der Waals surface area contributed by atoms with Crippen molar-refractivity contribution in [2.45, 2.75) is 19.8 Å². The zero-order chi connectivity index (χ0) is 18.1. The van der Waals surface area contributed by atoms with E-state index >= 15 is 0 Å². The number of nitrogens with zero attached hydrogens (tertiary/aromatic N) is 2. The molecule has 6 heteroatoms. The van der Waals surface area contributed by atoms with Crippen molar-refractivity contribution in [1.82, 2.24) is 0 Å². The molecule has 0 bridgehead atoms. The maximum absolute atomic E-state index is 12.5. The van der Waals surface area contributed by atoms with Gasteiger partial charge in [0, 0.05) is 30.4 Å². The normalized spacial score (nSPS) is 9.76. The van der Waals surface area contributed by atoms with E-state index in [1.807, 2.05) is 24.3 Å². The van der Waals surface area contributed by atoms with Gasteiger partial charge in [-0.25, -0.2) is 4.79 Å². The van der Waals surface area contributed by atoms with E-state index in [4.69, 9.17) is 10.00 Å². The first-order valence-electron chi connectivity index (χ1n) is 7.95. The van der Waals surface area contributed by atoms with Gasteiger partial charge in [0.15, 0.2) is 0 Å². The number of amides is 2. The summed E-state index contributed by atoms with van der Waals surface area (Å²) in [4.78, 5) is 25.4. The lowest BCUT2D eigenvalue weighted by Gasteiger charge is -2.21. The molecular weight excluding hydrogens is 318 g/mol. The number of anilines is 2. The molecule has 0 fully saturated rings. The Morgan fingerprint density at radius 3 is 2.60 bits per heavy atom. The van der Waals surface area contributed by atoms with Crippen LogP contribution in [-0.2, 0) is 4.79 Å². The first-order valence-corrected chi connectivity index (χ1v) is 7.95. The van der Waals surface area contributed by atoms with Crippen LogP contribution >= 0.6 is 0 Å². The Balaban J connectivity index is 2.14. The Bertz CT molecular complexity index is 769. The zero-order valence-electron chi connectivity index (χ0n) is 13.9. The molecule has 2 amide bonds. The maximum atomic E-state index is 12.5. The van der Waals surface area contributed by atoms with Crippen molar-refractivity contribution in [2.24, 2.45) is 0 Å². The highest BCUT2D eigenvalue weighted by atomic mass is 16.6. The third kappa shape index (κ3) is 5.36. The zero-order valence-corrected chi connectivity index (χ0v) is 13.9. The molecule has 6 nitrogen and oxygen atoms in total. The highest BCUT2D eigenvalue weighted by Gasteiger charge is 2.17. The van der Waals surface area contributed by atoms with Crippen molar-refractivity contribution in [3.05, 3.63) is 54.6 Å². The number of benzene rings is 2.